The lowest BCUT2D eigenvalue weighted by Crippen LogP contribution is -2.23. The molecule has 0 fully saturated rings. The van der Waals surface area contributed by atoms with Gasteiger partial charge in [-0.25, -0.2) is 13.1 Å². The van der Waals surface area contributed by atoms with Crippen LogP contribution in [0.2, 0.25) is 0 Å². The van der Waals surface area contributed by atoms with Gasteiger partial charge in [-0.3, -0.25) is 0 Å². The Morgan fingerprint density at radius 1 is 1.24 bits per heavy atom. The van der Waals surface area contributed by atoms with Gasteiger partial charge in [-0.2, -0.15) is 0 Å². The molecule has 2 N–H and O–H groups in total. The van der Waals surface area contributed by atoms with E-state index >= 15 is 0 Å². The minimum atomic E-state index is -3.55. The molecule has 1 heterocycles. The van der Waals surface area contributed by atoms with Crippen LogP contribution in [0.5, 0.6) is 0 Å². The second-order valence-electron chi connectivity index (χ2n) is 4.64. The fourth-order valence-corrected chi connectivity index (χ4v) is 2.88. The summed E-state index contributed by atoms with van der Waals surface area (Å²) in [5.74, 6) is 0. The first kappa shape index (κ1) is 15.7. The first-order chi connectivity index (χ1) is 10.1. The van der Waals surface area contributed by atoms with Gasteiger partial charge in [0.1, 0.15) is 6.26 Å². The van der Waals surface area contributed by atoms with Crippen molar-refractivity contribution in [2.75, 3.05) is 6.54 Å². The van der Waals surface area contributed by atoms with Crippen molar-refractivity contribution in [3.8, 4) is 0 Å². The SMILES string of the molecule is CCCNCc1cccc(S(=O)(=O)NCc2ccon2)c1. The lowest BCUT2D eigenvalue weighted by atomic mass is 10.2. The molecule has 7 heteroatoms. The van der Waals surface area contributed by atoms with E-state index in [-0.39, 0.29) is 11.4 Å². The molecule has 0 atom stereocenters. The molecule has 2 aromatic rings. The number of hydrogen-bond donors (Lipinski definition) is 2. The lowest BCUT2D eigenvalue weighted by molar-refractivity contribution is 0.411. The van der Waals surface area contributed by atoms with Gasteiger partial charge >= 0.3 is 0 Å². The van der Waals surface area contributed by atoms with E-state index in [9.17, 15) is 8.42 Å². The first-order valence-electron chi connectivity index (χ1n) is 6.80. The Morgan fingerprint density at radius 3 is 2.81 bits per heavy atom. The molecule has 0 unspecified atom stereocenters. The Bertz CT molecular complexity index is 654. The molecular weight excluding hydrogens is 290 g/mol. The summed E-state index contributed by atoms with van der Waals surface area (Å²) in [4.78, 5) is 0.252. The molecule has 0 saturated carbocycles. The fraction of sp³-hybridized carbons (Fsp3) is 0.357. The summed E-state index contributed by atoms with van der Waals surface area (Å²) in [5, 5.41) is 6.92. The highest BCUT2D eigenvalue weighted by atomic mass is 32.2. The first-order valence-corrected chi connectivity index (χ1v) is 8.28. The molecule has 21 heavy (non-hydrogen) atoms. The van der Waals surface area contributed by atoms with Crippen LogP contribution in [0.1, 0.15) is 24.6 Å². The molecule has 6 nitrogen and oxygen atoms in total. The van der Waals surface area contributed by atoms with Crippen molar-refractivity contribution in [1.82, 2.24) is 15.2 Å². The number of sulfonamides is 1. The Morgan fingerprint density at radius 2 is 2.10 bits per heavy atom. The van der Waals surface area contributed by atoms with Crippen LogP contribution in [0, 0.1) is 0 Å². The van der Waals surface area contributed by atoms with Gasteiger partial charge in [0.15, 0.2) is 0 Å². The van der Waals surface area contributed by atoms with E-state index in [1.165, 1.54) is 6.26 Å². The van der Waals surface area contributed by atoms with E-state index in [1.807, 2.05) is 6.07 Å². The molecule has 0 radical (unpaired) electrons. The Kier molecular flexibility index (Phi) is 5.49. The van der Waals surface area contributed by atoms with Gasteiger partial charge in [-0.1, -0.05) is 24.2 Å². The van der Waals surface area contributed by atoms with Crippen molar-refractivity contribution in [3.05, 3.63) is 47.9 Å². The van der Waals surface area contributed by atoms with Crippen LogP contribution in [0.25, 0.3) is 0 Å². The van der Waals surface area contributed by atoms with Crippen LogP contribution in [0.4, 0.5) is 0 Å². The number of rotatable bonds is 8. The minimum Gasteiger partial charge on any atom is -0.364 e. The van der Waals surface area contributed by atoms with Crippen LogP contribution in [0.15, 0.2) is 46.0 Å². The monoisotopic (exact) mass is 309 g/mol. The van der Waals surface area contributed by atoms with Gasteiger partial charge in [-0.05, 0) is 30.7 Å². The number of benzene rings is 1. The number of aromatic nitrogens is 1. The third kappa shape index (κ3) is 4.66. The zero-order valence-electron chi connectivity index (χ0n) is 11.9. The number of nitrogens with one attached hydrogen (secondary N) is 2. The van der Waals surface area contributed by atoms with E-state index in [4.69, 9.17) is 0 Å². The summed E-state index contributed by atoms with van der Waals surface area (Å²) >= 11 is 0. The highest BCUT2D eigenvalue weighted by Crippen LogP contribution is 2.12. The average molecular weight is 309 g/mol. The van der Waals surface area contributed by atoms with Crippen LogP contribution < -0.4 is 10.0 Å². The van der Waals surface area contributed by atoms with E-state index < -0.39 is 10.0 Å². The second kappa shape index (κ2) is 7.35. The summed E-state index contributed by atoms with van der Waals surface area (Å²) in [5.41, 5.74) is 1.48. The molecule has 0 aliphatic carbocycles. The zero-order valence-corrected chi connectivity index (χ0v) is 12.7. The molecule has 1 aromatic heterocycles. The summed E-state index contributed by atoms with van der Waals surface area (Å²) < 4.78 is 31.6. The maximum Gasteiger partial charge on any atom is 0.240 e. The van der Waals surface area contributed by atoms with Crippen molar-refractivity contribution in [1.29, 1.82) is 0 Å². The zero-order chi connectivity index (χ0) is 15.1. The van der Waals surface area contributed by atoms with Gasteiger partial charge in [0.05, 0.1) is 17.1 Å². The maximum absolute atomic E-state index is 12.2. The van der Waals surface area contributed by atoms with E-state index in [1.54, 1.807) is 24.3 Å². The van der Waals surface area contributed by atoms with Crippen molar-refractivity contribution in [3.63, 3.8) is 0 Å². The molecule has 114 valence electrons. The lowest BCUT2D eigenvalue weighted by Gasteiger charge is -2.08. The Labute approximate surface area is 124 Å². The Balaban J connectivity index is 2.03. The molecule has 0 aliphatic heterocycles. The van der Waals surface area contributed by atoms with Crippen molar-refractivity contribution >= 4 is 10.0 Å². The summed E-state index contributed by atoms with van der Waals surface area (Å²) in [6.07, 6.45) is 2.45. The van der Waals surface area contributed by atoms with Crippen LogP contribution in [0.3, 0.4) is 0 Å². The van der Waals surface area contributed by atoms with Gasteiger partial charge in [0.25, 0.3) is 0 Å². The van der Waals surface area contributed by atoms with Gasteiger partial charge in [0.2, 0.25) is 10.0 Å². The highest BCUT2D eigenvalue weighted by Gasteiger charge is 2.14. The van der Waals surface area contributed by atoms with Crippen molar-refractivity contribution < 1.29 is 12.9 Å². The fourth-order valence-electron chi connectivity index (χ4n) is 1.81. The molecule has 0 aliphatic rings. The molecule has 1 aromatic carbocycles. The predicted molar refractivity (Wildman–Crippen MR) is 79.0 cm³/mol. The topological polar surface area (TPSA) is 84.2 Å². The van der Waals surface area contributed by atoms with Crippen molar-refractivity contribution in [2.24, 2.45) is 0 Å². The summed E-state index contributed by atoms with van der Waals surface area (Å²) in [6.45, 7) is 3.75. The minimum absolute atomic E-state index is 0.108. The van der Waals surface area contributed by atoms with Crippen LogP contribution >= 0.6 is 0 Å². The van der Waals surface area contributed by atoms with Gasteiger partial charge in [0, 0.05) is 12.6 Å². The van der Waals surface area contributed by atoms with Gasteiger partial charge < -0.3 is 9.84 Å². The standard InChI is InChI=1S/C14H19N3O3S/c1-2-7-15-10-12-4-3-5-14(9-12)21(18,19)16-11-13-6-8-20-17-13/h3-6,8-9,15-16H,2,7,10-11H2,1H3. The smallest absolute Gasteiger partial charge is 0.240 e. The molecule has 0 spiro atoms. The summed E-state index contributed by atoms with van der Waals surface area (Å²) in [7, 11) is -3.55. The molecule has 2 rings (SSSR count). The third-order valence-corrected chi connectivity index (χ3v) is 4.30. The maximum atomic E-state index is 12.2. The van der Waals surface area contributed by atoms with E-state index in [0.717, 1.165) is 18.5 Å². The number of hydrogen-bond acceptors (Lipinski definition) is 5. The molecule has 0 saturated heterocycles. The van der Waals surface area contributed by atoms with Crippen LogP contribution in [-0.2, 0) is 23.1 Å². The molecule has 0 bridgehead atoms. The van der Waals surface area contributed by atoms with E-state index in [0.29, 0.717) is 12.2 Å². The third-order valence-electron chi connectivity index (χ3n) is 2.90. The van der Waals surface area contributed by atoms with Crippen molar-refractivity contribution in [2.45, 2.75) is 31.3 Å². The summed E-state index contributed by atoms with van der Waals surface area (Å²) in [6, 6.07) is 8.52. The number of nitrogens with zero attached hydrogens (tertiary/aromatic N) is 1. The second-order valence-corrected chi connectivity index (χ2v) is 6.41. The van der Waals surface area contributed by atoms with E-state index in [2.05, 4.69) is 26.6 Å². The average Bonchev–Trinajstić information content (AvgIpc) is 2.99. The highest BCUT2D eigenvalue weighted by molar-refractivity contribution is 7.89. The molecular formula is C14H19N3O3S. The molecule has 0 amide bonds. The van der Waals surface area contributed by atoms with Gasteiger partial charge in [-0.15, -0.1) is 0 Å². The largest absolute Gasteiger partial charge is 0.364 e. The quantitative estimate of drug-likeness (QED) is 0.724. The normalized spacial score (nSPS) is 11.7. The predicted octanol–water partition coefficient (Wildman–Crippen LogP) is 1.65. The Hall–Kier alpha value is -1.70. The van der Waals surface area contributed by atoms with Crippen LogP contribution in [-0.4, -0.2) is 20.1 Å².